The molecule has 2 heterocycles. The van der Waals surface area contributed by atoms with Crippen molar-refractivity contribution in [2.75, 3.05) is 39.4 Å². The summed E-state index contributed by atoms with van der Waals surface area (Å²) in [7, 11) is 0. The zero-order valence-electron chi connectivity index (χ0n) is 18.1. The zero-order valence-corrected chi connectivity index (χ0v) is 19.7. The van der Waals surface area contributed by atoms with Crippen LogP contribution in [0.5, 0.6) is 0 Å². The van der Waals surface area contributed by atoms with Crippen LogP contribution in [0.25, 0.3) is 5.76 Å². The number of Topliss-reactive ketones (excluding diaryl/α,β-unsaturated/α-hetero) is 1. The van der Waals surface area contributed by atoms with Gasteiger partial charge in [0, 0.05) is 36.2 Å². The molecular formula is C25H27BrN2O4. The van der Waals surface area contributed by atoms with Gasteiger partial charge < -0.3 is 14.7 Å². The minimum Gasteiger partial charge on any atom is -0.507 e. The Morgan fingerprint density at radius 1 is 1.09 bits per heavy atom. The van der Waals surface area contributed by atoms with E-state index in [-0.39, 0.29) is 11.3 Å². The summed E-state index contributed by atoms with van der Waals surface area (Å²) in [4.78, 5) is 30.0. The maximum absolute atomic E-state index is 13.1. The predicted octanol–water partition coefficient (Wildman–Crippen LogP) is 3.90. The molecule has 4 rings (SSSR count). The molecule has 168 valence electrons. The lowest BCUT2D eigenvalue weighted by Gasteiger charge is -2.29. The number of ketones is 1. The van der Waals surface area contributed by atoms with E-state index in [0.29, 0.717) is 12.1 Å². The van der Waals surface area contributed by atoms with Gasteiger partial charge in [-0.05, 0) is 31.0 Å². The predicted molar refractivity (Wildman–Crippen MR) is 126 cm³/mol. The van der Waals surface area contributed by atoms with E-state index in [4.69, 9.17) is 4.74 Å². The van der Waals surface area contributed by atoms with Gasteiger partial charge in [-0.3, -0.25) is 14.5 Å². The van der Waals surface area contributed by atoms with Gasteiger partial charge in [-0.2, -0.15) is 0 Å². The van der Waals surface area contributed by atoms with E-state index in [9.17, 15) is 14.7 Å². The molecule has 7 heteroatoms. The Morgan fingerprint density at radius 2 is 1.81 bits per heavy atom. The van der Waals surface area contributed by atoms with Crippen LogP contribution in [0.2, 0.25) is 0 Å². The van der Waals surface area contributed by atoms with Crippen LogP contribution in [0.15, 0.2) is 58.6 Å². The van der Waals surface area contributed by atoms with Gasteiger partial charge in [0.1, 0.15) is 5.76 Å². The molecule has 0 bridgehead atoms. The number of aryl methyl sites for hydroxylation is 1. The molecule has 2 aromatic carbocycles. The van der Waals surface area contributed by atoms with E-state index in [1.165, 1.54) is 0 Å². The van der Waals surface area contributed by atoms with Crippen LogP contribution in [-0.2, 0) is 14.3 Å². The summed E-state index contributed by atoms with van der Waals surface area (Å²) in [6, 6.07) is 14.2. The van der Waals surface area contributed by atoms with Crippen molar-refractivity contribution in [1.29, 1.82) is 0 Å². The minimum absolute atomic E-state index is 0.135. The van der Waals surface area contributed by atoms with Crippen molar-refractivity contribution in [1.82, 2.24) is 9.80 Å². The van der Waals surface area contributed by atoms with Crippen molar-refractivity contribution in [2.45, 2.75) is 19.4 Å². The molecule has 2 aliphatic heterocycles. The number of nitrogens with zero attached hydrogens (tertiary/aromatic N) is 2. The summed E-state index contributed by atoms with van der Waals surface area (Å²) in [6.45, 7) is 6.42. The van der Waals surface area contributed by atoms with Crippen LogP contribution in [0.4, 0.5) is 0 Å². The van der Waals surface area contributed by atoms with Crippen LogP contribution in [-0.4, -0.2) is 66.0 Å². The summed E-state index contributed by atoms with van der Waals surface area (Å²) in [5.41, 5.74) is 2.51. The lowest BCUT2D eigenvalue weighted by atomic mass is 9.95. The topological polar surface area (TPSA) is 70.1 Å². The van der Waals surface area contributed by atoms with Gasteiger partial charge in [-0.1, -0.05) is 57.9 Å². The van der Waals surface area contributed by atoms with E-state index in [0.717, 1.165) is 54.9 Å². The van der Waals surface area contributed by atoms with Gasteiger partial charge in [0.2, 0.25) is 0 Å². The maximum atomic E-state index is 13.1. The second-order valence-corrected chi connectivity index (χ2v) is 9.14. The SMILES string of the molecule is Cc1ccc(C(O)=C2C(=O)C(=O)N(CCCN3CCOCC3)[C@@H]2c2cccc(Br)c2)cc1. The first-order valence-corrected chi connectivity index (χ1v) is 11.7. The van der Waals surface area contributed by atoms with Gasteiger partial charge in [-0.25, -0.2) is 0 Å². The first kappa shape index (κ1) is 22.7. The average molecular weight is 499 g/mol. The number of rotatable bonds is 6. The molecule has 2 aromatic rings. The number of benzene rings is 2. The standard InChI is InChI=1S/C25H27BrN2O4/c1-17-6-8-18(9-7-17)23(29)21-22(19-4-2-5-20(26)16-19)28(25(31)24(21)30)11-3-10-27-12-14-32-15-13-27/h2,4-9,16,22,29H,3,10-15H2,1H3/t22-/m1/s1. The van der Waals surface area contributed by atoms with E-state index in [1.807, 2.05) is 43.3 Å². The van der Waals surface area contributed by atoms with E-state index < -0.39 is 17.7 Å². The molecule has 2 saturated heterocycles. The summed E-state index contributed by atoms with van der Waals surface area (Å²) in [5.74, 6) is -1.34. The van der Waals surface area contributed by atoms with Crippen molar-refractivity contribution >= 4 is 33.4 Å². The van der Waals surface area contributed by atoms with Crippen LogP contribution in [0.3, 0.4) is 0 Å². The van der Waals surface area contributed by atoms with Crippen molar-refractivity contribution in [2.24, 2.45) is 0 Å². The van der Waals surface area contributed by atoms with Crippen molar-refractivity contribution in [3.05, 3.63) is 75.3 Å². The highest BCUT2D eigenvalue weighted by molar-refractivity contribution is 9.10. The third-order valence-corrected chi connectivity index (χ3v) is 6.50. The molecule has 0 aromatic heterocycles. The minimum atomic E-state index is -0.639. The van der Waals surface area contributed by atoms with Crippen molar-refractivity contribution in [3.8, 4) is 0 Å². The lowest BCUT2D eigenvalue weighted by Crippen LogP contribution is -2.38. The van der Waals surface area contributed by atoms with Gasteiger partial charge in [0.05, 0.1) is 24.8 Å². The number of amides is 1. The number of aliphatic hydroxyl groups excluding tert-OH is 1. The quantitative estimate of drug-likeness (QED) is 0.371. The summed E-state index contributed by atoms with van der Waals surface area (Å²) in [5, 5.41) is 11.1. The number of carbonyl (C=O) groups excluding carboxylic acids is 2. The molecule has 0 radical (unpaired) electrons. The van der Waals surface area contributed by atoms with E-state index in [2.05, 4.69) is 20.8 Å². The first-order valence-electron chi connectivity index (χ1n) is 10.9. The van der Waals surface area contributed by atoms with Crippen LogP contribution < -0.4 is 0 Å². The second-order valence-electron chi connectivity index (χ2n) is 8.22. The van der Waals surface area contributed by atoms with Crippen LogP contribution in [0, 0.1) is 6.92 Å². The van der Waals surface area contributed by atoms with Crippen LogP contribution in [0.1, 0.15) is 29.2 Å². The van der Waals surface area contributed by atoms with Gasteiger partial charge in [-0.15, -0.1) is 0 Å². The Labute approximate surface area is 196 Å². The molecule has 2 fully saturated rings. The Hall–Kier alpha value is -2.48. The average Bonchev–Trinajstić information content (AvgIpc) is 3.05. The summed E-state index contributed by atoms with van der Waals surface area (Å²) in [6.07, 6.45) is 0.738. The molecule has 0 unspecified atom stereocenters. The molecule has 0 saturated carbocycles. The van der Waals surface area contributed by atoms with E-state index in [1.54, 1.807) is 17.0 Å². The largest absolute Gasteiger partial charge is 0.507 e. The number of hydrogen-bond acceptors (Lipinski definition) is 5. The fourth-order valence-corrected chi connectivity index (χ4v) is 4.71. The summed E-state index contributed by atoms with van der Waals surface area (Å²) < 4.78 is 6.25. The molecule has 0 aliphatic carbocycles. The number of ether oxygens (including phenoxy) is 1. The lowest BCUT2D eigenvalue weighted by molar-refractivity contribution is -0.140. The highest BCUT2D eigenvalue weighted by atomic mass is 79.9. The molecule has 1 atom stereocenters. The molecule has 0 spiro atoms. The summed E-state index contributed by atoms with van der Waals surface area (Å²) >= 11 is 3.49. The Kier molecular flexibility index (Phi) is 7.08. The molecule has 1 N–H and O–H groups in total. The molecule has 32 heavy (non-hydrogen) atoms. The van der Waals surface area contributed by atoms with Gasteiger partial charge >= 0.3 is 0 Å². The highest BCUT2D eigenvalue weighted by Crippen LogP contribution is 2.40. The Balaban J connectivity index is 1.67. The van der Waals surface area contributed by atoms with Crippen molar-refractivity contribution < 1.29 is 19.4 Å². The maximum Gasteiger partial charge on any atom is 0.295 e. The van der Waals surface area contributed by atoms with Gasteiger partial charge in [0.15, 0.2) is 0 Å². The third-order valence-electron chi connectivity index (χ3n) is 6.01. The smallest absolute Gasteiger partial charge is 0.295 e. The number of hydrogen-bond donors (Lipinski definition) is 1. The second kappa shape index (κ2) is 9.98. The van der Waals surface area contributed by atoms with Gasteiger partial charge in [0.25, 0.3) is 11.7 Å². The fourth-order valence-electron chi connectivity index (χ4n) is 4.29. The number of morpholine rings is 1. The number of likely N-dealkylation sites (tertiary alicyclic amines) is 1. The number of halogens is 1. The molecule has 1 amide bonds. The van der Waals surface area contributed by atoms with E-state index >= 15 is 0 Å². The zero-order chi connectivity index (χ0) is 22.7. The third kappa shape index (κ3) is 4.80. The number of carbonyl (C=O) groups is 2. The molecular weight excluding hydrogens is 472 g/mol. The monoisotopic (exact) mass is 498 g/mol. The Bertz CT molecular complexity index is 1030. The molecule has 6 nitrogen and oxygen atoms in total. The normalized spacial score (nSPS) is 21.3. The first-order chi connectivity index (χ1) is 15.5. The highest BCUT2D eigenvalue weighted by Gasteiger charge is 2.45. The number of aliphatic hydroxyl groups is 1. The Morgan fingerprint density at radius 3 is 2.50 bits per heavy atom. The molecule has 2 aliphatic rings. The van der Waals surface area contributed by atoms with Crippen LogP contribution >= 0.6 is 15.9 Å². The fraction of sp³-hybridized carbons (Fsp3) is 0.360. The van der Waals surface area contributed by atoms with Crippen molar-refractivity contribution in [3.63, 3.8) is 0 Å².